The maximum atomic E-state index is 5.19. The van der Waals surface area contributed by atoms with Crippen molar-refractivity contribution in [3.05, 3.63) is 0 Å². The van der Waals surface area contributed by atoms with E-state index in [9.17, 15) is 0 Å². The summed E-state index contributed by atoms with van der Waals surface area (Å²) in [5.74, 6) is 4.96. The van der Waals surface area contributed by atoms with Crippen LogP contribution in [0.25, 0.3) is 0 Å². The van der Waals surface area contributed by atoms with Crippen LogP contribution in [0, 0.1) is 0 Å². The lowest BCUT2D eigenvalue weighted by atomic mass is 10.1. The molecule has 3 nitrogen and oxygen atoms in total. The van der Waals surface area contributed by atoms with E-state index in [1.54, 1.807) is 0 Å². The van der Waals surface area contributed by atoms with Gasteiger partial charge >= 0.3 is 0 Å². The van der Waals surface area contributed by atoms with Crippen LogP contribution in [-0.2, 0) is 9.57 Å². The second-order valence-electron chi connectivity index (χ2n) is 5.15. The summed E-state index contributed by atoms with van der Waals surface area (Å²) in [4.78, 5) is 4.54. The number of rotatable bonds is 13. The number of nitrogens with two attached hydrogens (primary N) is 1. The highest BCUT2D eigenvalue weighted by Crippen LogP contribution is 2.18. The Morgan fingerprint density at radius 2 is 1.29 bits per heavy atom. The molecule has 1 unspecified atom stereocenters. The third-order valence-corrected chi connectivity index (χ3v) is 3.44. The van der Waals surface area contributed by atoms with Gasteiger partial charge in [0.15, 0.2) is 0 Å². The number of hydrogen-bond donors (Lipinski definition) is 1. The van der Waals surface area contributed by atoms with E-state index in [2.05, 4.69) is 4.84 Å². The van der Waals surface area contributed by atoms with Crippen molar-refractivity contribution in [3.63, 3.8) is 0 Å². The van der Waals surface area contributed by atoms with Gasteiger partial charge in [-0.15, -0.1) is 0 Å². The van der Waals surface area contributed by atoms with Crippen molar-refractivity contribution in [3.8, 4) is 0 Å². The number of ether oxygens (including phenoxy) is 1. The zero-order chi connectivity index (χ0) is 12.2. The third kappa shape index (κ3) is 10.7. The highest BCUT2D eigenvalue weighted by molar-refractivity contribution is 4.68. The molecule has 1 fully saturated rings. The van der Waals surface area contributed by atoms with Gasteiger partial charge in [-0.25, -0.2) is 5.90 Å². The molecule has 0 aromatic rings. The van der Waals surface area contributed by atoms with Crippen molar-refractivity contribution in [2.75, 3.05) is 13.2 Å². The summed E-state index contributed by atoms with van der Waals surface area (Å²) in [6.45, 7) is 1.74. The zero-order valence-corrected chi connectivity index (χ0v) is 11.2. The first-order chi connectivity index (χ1) is 8.43. The van der Waals surface area contributed by atoms with Crippen LogP contribution in [0.3, 0.4) is 0 Å². The molecule has 1 saturated heterocycles. The largest absolute Gasteiger partial charge is 0.373 e. The lowest BCUT2D eigenvalue weighted by Gasteiger charge is -2.02. The van der Waals surface area contributed by atoms with Crippen molar-refractivity contribution < 1.29 is 9.57 Å². The van der Waals surface area contributed by atoms with Gasteiger partial charge in [-0.1, -0.05) is 57.8 Å². The Hall–Kier alpha value is -0.120. The summed E-state index contributed by atoms with van der Waals surface area (Å²) < 4.78 is 5.19. The van der Waals surface area contributed by atoms with Gasteiger partial charge in [0.05, 0.1) is 19.3 Å². The van der Waals surface area contributed by atoms with Crippen LogP contribution in [0.4, 0.5) is 0 Å². The molecule has 0 aromatic carbocycles. The molecule has 0 spiro atoms. The van der Waals surface area contributed by atoms with E-state index in [0.717, 1.165) is 13.0 Å². The molecule has 0 aliphatic carbocycles. The molecule has 3 heteroatoms. The Labute approximate surface area is 106 Å². The predicted octanol–water partition coefficient (Wildman–Crippen LogP) is 3.57. The zero-order valence-electron chi connectivity index (χ0n) is 11.2. The van der Waals surface area contributed by atoms with Crippen LogP contribution in [0.15, 0.2) is 0 Å². The van der Waals surface area contributed by atoms with Crippen molar-refractivity contribution in [2.45, 2.75) is 76.7 Å². The van der Waals surface area contributed by atoms with Gasteiger partial charge in [-0.05, 0) is 12.8 Å². The summed E-state index contributed by atoms with van der Waals surface area (Å²) in [6.07, 6.45) is 15.4. The SMILES string of the molecule is NOCCCCCCCCCCCCC1CO1. The quantitative estimate of drug-likeness (QED) is 0.305. The Balaban J connectivity index is 1.61. The van der Waals surface area contributed by atoms with E-state index in [4.69, 9.17) is 10.6 Å². The Bertz CT molecular complexity index is 160. The van der Waals surface area contributed by atoms with Crippen molar-refractivity contribution in [1.29, 1.82) is 0 Å². The molecule has 1 rings (SSSR count). The molecule has 1 aliphatic heterocycles. The van der Waals surface area contributed by atoms with Crippen molar-refractivity contribution >= 4 is 0 Å². The van der Waals surface area contributed by atoms with Gasteiger partial charge in [0.25, 0.3) is 0 Å². The van der Waals surface area contributed by atoms with E-state index in [1.807, 2.05) is 0 Å². The predicted molar refractivity (Wildman–Crippen MR) is 70.7 cm³/mol. The lowest BCUT2D eigenvalue weighted by molar-refractivity contribution is 0.133. The molecule has 0 aromatic heterocycles. The second kappa shape index (κ2) is 11.0. The van der Waals surface area contributed by atoms with Gasteiger partial charge < -0.3 is 9.57 Å². The van der Waals surface area contributed by atoms with E-state index >= 15 is 0 Å². The fourth-order valence-corrected chi connectivity index (χ4v) is 2.21. The first-order valence-electron chi connectivity index (χ1n) is 7.37. The van der Waals surface area contributed by atoms with Crippen LogP contribution < -0.4 is 5.90 Å². The normalized spacial score (nSPS) is 18.5. The molecule has 0 bridgehead atoms. The minimum atomic E-state index is 0.632. The number of epoxide rings is 1. The van der Waals surface area contributed by atoms with E-state index in [0.29, 0.717) is 12.7 Å². The van der Waals surface area contributed by atoms with Crippen LogP contribution in [0.5, 0.6) is 0 Å². The fourth-order valence-electron chi connectivity index (χ4n) is 2.21. The Morgan fingerprint density at radius 1 is 0.824 bits per heavy atom. The molecule has 1 atom stereocenters. The summed E-state index contributed by atoms with van der Waals surface area (Å²) in [7, 11) is 0. The van der Waals surface area contributed by atoms with Crippen molar-refractivity contribution in [2.24, 2.45) is 5.90 Å². The number of hydrogen-bond acceptors (Lipinski definition) is 3. The van der Waals surface area contributed by atoms with Crippen LogP contribution in [0.1, 0.15) is 70.6 Å². The lowest BCUT2D eigenvalue weighted by Crippen LogP contribution is -2.00. The summed E-state index contributed by atoms with van der Waals surface area (Å²) in [5, 5.41) is 0. The van der Waals surface area contributed by atoms with Crippen LogP contribution in [-0.4, -0.2) is 19.3 Å². The molecule has 102 valence electrons. The monoisotopic (exact) mass is 243 g/mol. The molecule has 0 radical (unpaired) electrons. The smallest absolute Gasteiger partial charge is 0.0810 e. The standard InChI is InChI=1S/C14H29NO2/c15-17-12-10-8-6-4-2-1-3-5-7-9-11-14-13-16-14/h14H,1-13,15H2. The Kier molecular flexibility index (Phi) is 9.66. The highest BCUT2D eigenvalue weighted by Gasteiger charge is 2.20. The van der Waals surface area contributed by atoms with Gasteiger partial charge in [0.2, 0.25) is 0 Å². The van der Waals surface area contributed by atoms with Gasteiger partial charge in [0.1, 0.15) is 0 Å². The van der Waals surface area contributed by atoms with E-state index < -0.39 is 0 Å². The fraction of sp³-hybridized carbons (Fsp3) is 1.00. The average molecular weight is 243 g/mol. The first kappa shape index (κ1) is 14.9. The third-order valence-electron chi connectivity index (χ3n) is 3.44. The molecule has 2 N–H and O–H groups in total. The molecule has 1 aliphatic rings. The molecule has 17 heavy (non-hydrogen) atoms. The van der Waals surface area contributed by atoms with Gasteiger partial charge in [-0.2, -0.15) is 0 Å². The minimum absolute atomic E-state index is 0.632. The molecule has 0 amide bonds. The van der Waals surface area contributed by atoms with E-state index in [-0.39, 0.29) is 0 Å². The summed E-state index contributed by atoms with van der Waals surface area (Å²) in [6, 6.07) is 0. The summed E-state index contributed by atoms with van der Waals surface area (Å²) in [5.41, 5.74) is 0. The summed E-state index contributed by atoms with van der Waals surface area (Å²) >= 11 is 0. The molecule has 1 heterocycles. The van der Waals surface area contributed by atoms with E-state index in [1.165, 1.54) is 64.2 Å². The molecule has 0 saturated carbocycles. The van der Waals surface area contributed by atoms with Crippen LogP contribution in [0.2, 0.25) is 0 Å². The molecular formula is C14H29NO2. The Morgan fingerprint density at radius 3 is 1.76 bits per heavy atom. The highest BCUT2D eigenvalue weighted by atomic mass is 16.6. The minimum Gasteiger partial charge on any atom is -0.373 e. The topological polar surface area (TPSA) is 47.8 Å². The van der Waals surface area contributed by atoms with Crippen LogP contribution >= 0.6 is 0 Å². The average Bonchev–Trinajstić information content (AvgIpc) is 3.15. The maximum absolute atomic E-state index is 5.19. The molecular weight excluding hydrogens is 214 g/mol. The second-order valence-corrected chi connectivity index (χ2v) is 5.15. The van der Waals surface area contributed by atoms with Crippen molar-refractivity contribution in [1.82, 2.24) is 0 Å². The number of unbranched alkanes of at least 4 members (excludes halogenated alkanes) is 9. The van der Waals surface area contributed by atoms with Gasteiger partial charge in [0, 0.05) is 0 Å². The maximum Gasteiger partial charge on any atom is 0.0810 e. The first-order valence-corrected chi connectivity index (χ1v) is 7.37. The van der Waals surface area contributed by atoms with Gasteiger partial charge in [-0.3, -0.25) is 0 Å².